The molecule has 0 aliphatic rings. The summed E-state index contributed by atoms with van der Waals surface area (Å²) in [5.74, 6) is -0.856. The predicted octanol–water partition coefficient (Wildman–Crippen LogP) is 4.56. The highest BCUT2D eigenvalue weighted by atomic mass is 35.5. The minimum atomic E-state index is -3.04. The summed E-state index contributed by atoms with van der Waals surface area (Å²) >= 11 is 6.05. The second kappa shape index (κ2) is 9.70. The minimum Gasteiger partial charge on any atom is -0.493 e. The lowest BCUT2D eigenvalue weighted by molar-refractivity contribution is -0.114. The molecule has 2 rings (SSSR count). The van der Waals surface area contributed by atoms with Crippen LogP contribution in [0.25, 0.3) is 6.08 Å². The van der Waals surface area contributed by atoms with Crippen LogP contribution in [0.4, 0.5) is 20.2 Å². The number of ether oxygens (including phenoxy) is 2. The molecule has 0 aliphatic heterocycles. The molecule has 0 radical (unpaired) electrons. The van der Waals surface area contributed by atoms with Crippen molar-refractivity contribution in [2.75, 3.05) is 17.7 Å². The van der Waals surface area contributed by atoms with Crippen LogP contribution in [0.3, 0.4) is 0 Å². The summed E-state index contributed by atoms with van der Waals surface area (Å²) in [7, 11) is 1.32. The molecular weight excluding hydrogens is 394 g/mol. The Bertz CT molecular complexity index is 903. The van der Waals surface area contributed by atoms with Gasteiger partial charge in [-0.05, 0) is 30.3 Å². The van der Waals surface area contributed by atoms with Crippen molar-refractivity contribution in [2.45, 2.75) is 13.5 Å². The van der Waals surface area contributed by atoms with Crippen LogP contribution < -0.4 is 20.1 Å². The van der Waals surface area contributed by atoms with Gasteiger partial charge in [-0.3, -0.25) is 9.59 Å². The summed E-state index contributed by atoms with van der Waals surface area (Å²) in [5, 5.41) is 5.38. The Hall–Kier alpha value is -3.13. The molecule has 2 aromatic rings. The van der Waals surface area contributed by atoms with E-state index >= 15 is 0 Å². The maximum atomic E-state index is 12.6. The van der Waals surface area contributed by atoms with Gasteiger partial charge in [-0.1, -0.05) is 23.7 Å². The third-order valence-corrected chi connectivity index (χ3v) is 3.71. The second-order valence-corrected chi connectivity index (χ2v) is 5.86. The number of anilines is 2. The van der Waals surface area contributed by atoms with Crippen molar-refractivity contribution in [1.82, 2.24) is 0 Å². The van der Waals surface area contributed by atoms with E-state index in [9.17, 15) is 18.4 Å². The van der Waals surface area contributed by atoms with Crippen molar-refractivity contribution in [3.8, 4) is 11.5 Å². The largest absolute Gasteiger partial charge is 0.493 e. The van der Waals surface area contributed by atoms with E-state index in [1.165, 1.54) is 38.3 Å². The Labute approximate surface area is 165 Å². The fourth-order valence-corrected chi connectivity index (χ4v) is 2.50. The van der Waals surface area contributed by atoms with Gasteiger partial charge in [0.2, 0.25) is 11.8 Å². The SMILES string of the molecule is COc1cccc(/C=C/C(=O)Nc2ccc(NC(C)=O)c(Cl)c2)c1OC(F)F. The van der Waals surface area contributed by atoms with Gasteiger partial charge in [-0.15, -0.1) is 0 Å². The fraction of sp³-hybridized carbons (Fsp3) is 0.158. The Morgan fingerprint density at radius 1 is 1.18 bits per heavy atom. The summed E-state index contributed by atoms with van der Waals surface area (Å²) in [5.41, 5.74) is 1.05. The van der Waals surface area contributed by atoms with Crippen molar-refractivity contribution < 1.29 is 27.8 Å². The molecule has 0 fully saturated rings. The van der Waals surface area contributed by atoms with Crippen LogP contribution in [-0.2, 0) is 9.59 Å². The third-order valence-electron chi connectivity index (χ3n) is 3.40. The van der Waals surface area contributed by atoms with E-state index in [-0.39, 0.29) is 28.0 Å². The number of rotatable bonds is 7. The van der Waals surface area contributed by atoms with E-state index in [4.69, 9.17) is 16.3 Å². The number of alkyl halides is 2. The predicted molar refractivity (Wildman–Crippen MR) is 103 cm³/mol. The molecule has 0 saturated carbocycles. The molecule has 2 amide bonds. The molecule has 0 aliphatic carbocycles. The first-order valence-corrected chi connectivity index (χ1v) is 8.36. The van der Waals surface area contributed by atoms with E-state index < -0.39 is 12.5 Å². The number of carbonyl (C=O) groups excluding carboxylic acids is 2. The number of nitrogens with one attached hydrogen (secondary N) is 2. The van der Waals surface area contributed by atoms with Crippen molar-refractivity contribution in [1.29, 1.82) is 0 Å². The van der Waals surface area contributed by atoms with Crippen LogP contribution in [0.1, 0.15) is 12.5 Å². The first-order valence-electron chi connectivity index (χ1n) is 7.98. The summed E-state index contributed by atoms with van der Waals surface area (Å²) in [6.07, 6.45) is 2.48. The Kier molecular flexibility index (Phi) is 7.34. The Morgan fingerprint density at radius 2 is 1.93 bits per heavy atom. The zero-order chi connectivity index (χ0) is 20.7. The molecule has 2 aromatic carbocycles. The highest BCUT2D eigenvalue weighted by Crippen LogP contribution is 2.33. The maximum Gasteiger partial charge on any atom is 0.387 e. The monoisotopic (exact) mass is 410 g/mol. The molecule has 0 aromatic heterocycles. The van der Waals surface area contributed by atoms with Crippen molar-refractivity contribution in [3.05, 3.63) is 53.1 Å². The van der Waals surface area contributed by atoms with Crippen molar-refractivity contribution >= 4 is 40.9 Å². The number of benzene rings is 2. The van der Waals surface area contributed by atoms with E-state index in [0.717, 1.165) is 6.08 Å². The van der Waals surface area contributed by atoms with E-state index in [0.29, 0.717) is 11.4 Å². The summed E-state index contributed by atoms with van der Waals surface area (Å²) in [6.45, 7) is -1.69. The average Bonchev–Trinajstić information content (AvgIpc) is 2.62. The van der Waals surface area contributed by atoms with Gasteiger partial charge >= 0.3 is 6.61 Å². The summed E-state index contributed by atoms with van der Waals surface area (Å²) < 4.78 is 34.8. The maximum absolute atomic E-state index is 12.6. The molecule has 0 saturated heterocycles. The van der Waals surface area contributed by atoms with Crippen LogP contribution >= 0.6 is 11.6 Å². The molecule has 0 atom stereocenters. The lowest BCUT2D eigenvalue weighted by Gasteiger charge is -2.12. The van der Waals surface area contributed by atoms with Gasteiger partial charge in [0.25, 0.3) is 0 Å². The van der Waals surface area contributed by atoms with Gasteiger partial charge < -0.3 is 20.1 Å². The highest BCUT2D eigenvalue weighted by Gasteiger charge is 2.14. The highest BCUT2D eigenvalue weighted by molar-refractivity contribution is 6.34. The Morgan fingerprint density at radius 3 is 2.54 bits per heavy atom. The standard InChI is InChI=1S/C19H17ClF2N2O4/c1-11(25)23-15-8-7-13(10-14(15)20)24-17(26)9-6-12-4-3-5-16(27-2)18(12)28-19(21)22/h3-10,19H,1-2H3,(H,23,25)(H,24,26)/b9-6+. The number of amides is 2. The lowest BCUT2D eigenvalue weighted by Crippen LogP contribution is -2.09. The number of para-hydroxylation sites is 1. The zero-order valence-electron chi connectivity index (χ0n) is 15.0. The molecule has 2 N–H and O–H groups in total. The summed E-state index contributed by atoms with van der Waals surface area (Å²) in [6, 6.07) is 9.11. The average molecular weight is 411 g/mol. The molecule has 6 nitrogen and oxygen atoms in total. The van der Waals surface area contributed by atoms with Gasteiger partial charge in [-0.25, -0.2) is 0 Å². The number of carbonyl (C=O) groups is 2. The Balaban J connectivity index is 2.14. The minimum absolute atomic E-state index is 0.114. The molecular formula is C19H17ClF2N2O4. The number of halogens is 3. The second-order valence-electron chi connectivity index (χ2n) is 5.46. The molecule has 148 valence electrons. The molecule has 0 heterocycles. The molecule has 0 unspecified atom stereocenters. The van der Waals surface area contributed by atoms with Gasteiger partial charge in [0.1, 0.15) is 0 Å². The van der Waals surface area contributed by atoms with Crippen LogP contribution in [0.2, 0.25) is 5.02 Å². The van der Waals surface area contributed by atoms with Crippen LogP contribution in [0.15, 0.2) is 42.5 Å². The zero-order valence-corrected chi connectivity index (χ0v) is 15.7. The number of hydrogen-bond donors (Lipinski definition) is 2. The van der Waals surface area contributed by atoms with Gasteiger partial charge in [0.05, 0.1) is 17.8 Å². The van der Waals surface area contributed by atoms with Gasteiger partial charge in [0.15, 0.2) is 11.5 Å². The molecule has 0 spiro atoms. The van der Waals surface area contributed by atoms with E-state index in [2.05, 4.69) is 15.4 Å². The van der Waals surface area contributed by atoms with Crippen LogP contribution in [0.5, 0.6) is 11.5 Å². The van der Waals surface area contributed by atoms with Crippen LogP contribution in [0, 0.1) is 0 Å². The number of methoxy groups -OCH3 is 1. The van der Waals surface area contributed by atoms with E-state index in [1.807, 2.05) is 0 Å². The van der Waals surface area contributed by atoms with Crippen LogP contribution in [-0.4, -0.2) is 25.5 Å². The first kappa shape index (κ1) is 21.2. The van der Waals surface area contributed by atoms with Crippen molar-refractivity contribution in [3.63, 3.8) is 0 Å². The van der Waals surface area contributed by atoms with E-state index in [1.54, 1.807) is 18.2 Å². The molecule has 9 heteroatoms. The fourth-order valence-electron chi connectivity index (χ4n) is 2.27. The molecule has 0 bridgehead atoms. The lowest BCUT2D eigenvalue weighted by atomic mass is 10.1. The molecule has 28 heavy (non-hydrogen) atoms. The number of hydrogen-bond acceptors (Lipinski definition) is 4. The first-order chi connectivity index (χ1) is 13.3. The normalized spacial score (nSPS) is 10.8. The smallest absolute Gasteiger partial charge is 0.387 e. The summed E-state index contributed by atoms with van der Waals surface area (Å²) in [4.78, 5) is 23.2. The third kappa shape index (κ3) is 5.95. The topological polar surface area (TPSA) is 76.7 Å². The quantitative estimate of drug-likeness (QED) is 0.656. The van der Waals surface area contributed by atoms with Gasteiger partial charge in [0, 0.05) is 24.3 Å². The van der Waals surface area contributed by atoms with Crippen molar-refractivity contribution in [2.24, 2.45) is 0 Å². The van der Waals surface area contributed by atoms with Gasteiger partial charge in [-0.2, -0.15) is 8.78 Å².